The SMILES string of the molecule is CN(C)C=O.Cc1c(Br)c2ccc(F)cc2n1S(=O)(=O)c1ncn(S(=O)(=O)O)n1. The molecule has 0 aliphatic carbocycles. The summed E-state index contributed by atoms with van der Waals surface area (Å²) in [5.41, 5.74) is 0.251. The molecule has 29 heavy (non-hydrogen) atoms. The van der Waals surface area contributed by atoms with E-state index in [9.17, 15) is 26.0 Å². The summed E-state index contributed by atoms with van der Waals surface area (Å²) in [7, 11) is -5.83. The largest absolute Gasteiger partial charge is 0.380 e. The van der Waals surface area contributed by atoms with Gasteiger partial charge in [-0.15, -0.1) is 9.19 Å². The van der Waals surface area contributed by atoms with Crippen molar-refractivity contribution in [3.63, 3.8) is 0 Å². The average molecular weight is 512 g/mol. The van der Waals surface area contributed by atoms with E-state index >= 15 is 0 Å². The van der Waals surface area contributed by atoms with Gasteiger partial charge in [-0.05, 0) is 41.1 Å². The van der Waals surface area contributed by atoms with Crippen LogP contribution in [0.4, 0.5) is 4.39 Å². The van der Waals surface area contributed by atoms with Crippen LogP contribution in [0.15, 0.2) is 34.2 Å². The number of halogens is 2. The Morgan fingerprint density at radius 3 is 2.31 bits per heavy atom. The van der Waals surface area contributed by atoms with Gasteiger partial charge in [-0.2, -0.15) is 16.8 Å². The molecule has 3 aromatic rings. The summed E-state index contributed by atoms with van der Waals surface area (Å²) in [6, 6.07) is 3.59. The molecular formula is C14H15BrFN5O6S2. The lowest BCUT2D eigenvalue weighted by molar-refractivity contribution is -0.115. The van der Waals surface area contributed by atoms with E-state index in [1.165, 1.54) is 24.0 Å². The molecule has 0 spiro atoms. The Kier molecular flexibility index (Phi) is 6.46. The Balaban J connectivity index is 0.000000537. The smallest absolute Gasteiger partial charge is 0.351 e. The maximum Gasteiger partial charge on any atom is 0.380 e. The van der Waals surface area contributed by atoms with E-state index in [-0.39, 0.29) is 15.3 Å². The third-order valence-corrected chi connectivity index (χ3v) is 6.66. The minimum atomic E-state index is -4.78. The van der Waals surface area contributed by atoms with Gasteiger partial charge in [0, 0.05) is 29.6 Å². The van der Waals surface area contributed by atoms with Crippen molar-refractivity contribution < 1.29 is 30.6 Å². The van der Waals surface area contributed by atoms with Crippen LogP contribution in [0.3, 0.4) is 0 Å². The van der Waals surface area contributed by atoms with Crippen LogP contribution in [0.2, 0.25) is 0 Å². The molecule has 2 aromatic heterocycles. The summed E-state index contributed by atoms with van der Waals surface area (Å²) in [6.45, 7) is 1.47. The summed E-state index contributed by atoms with van der Waals surface area (Å²) < 4.78 is 71.1. The van der Waals surface area contributed by atoms with Gasteiger partial charge in [0.2, 0.25) is 6.41 Å². The second kappa shape index (κ2) is 8.17. The van der Waals surface area contributed by atoms with Crippen LogP contribution < -0.4 is 0 Å². The first-order valence-electron chi connectivity index (χ1n) is 7.53. The van der Waals surface area contributed by atoms with Gasteiger partial charge in [-0.3, -0.25) is 9.35 Å². The highest BCUT2D eigenvalue weighted by Crippen LogP contribution is 2.33. The first-order chi connectivity index (χ1) is 13.3. The predicted octanol–water partition coefficient (Wildman–Crippen LogP) is 1.04. The zero-order valence-electron chi connectivity index (χ0n) is 15.2. The molecule has 0 bridgehead atoms. The van der Waals surface area contributed by atoms with Crippen LogP contribution in [0.25, 0.3) is 10.9 Å². The van der Waals surface area contributed by atoms with E-state index in [0.717, 1.165) is 16.4 Å². The molecule has 0 radical (unpaired) electrons. The van der Waals surface area contributed by atoms with Crippen molar-refractivity contribution in [1.82, 2.24) is 23.0 Å². The third-order valence-electron chi connectivity index (χ3n) is 3.41. The van der Waals surface area contributed by atoms with Gasteiger partial charge in [-0.1, -0.05) is 0 Å². The Morgan fingerprint density at radius 2 is 1.83 bits per heavy atom. The first-order valence-corrected chi connectivity index (χ1v) is 11.2. The number of aromatic nitrogens is 4. The highest BCUT2D eigenvalue weighted by Gasteiger charge is 2.29. The van der Waals surface area contributed by atoms with Gasteiger partial charge < -0.3 is 4.90 Å². The van der Waals surface area contributed by atoms with E-state index in [0.29, 0.717) is 16.2 Å². The molecule has 0 saturated heterocycles. The van der Waals surface area contributed by atoms with Crippen LogP contribution in [0, 0.1) is 12.7 Å². The maximum atomic E-state index is 13.5. The lowest BCUT2D eigenvalue weighted by atomic mass is 10.2. The molecule has 0 aliphatic rings. The normalized spacial score (nSPS) is 11.8. The zero-order chi connectivity index (χ0) is 22.1. The number of benzene rings is 1. The summed E-state index contributed by atoms with van der Waals surface area (Å²) in [4.78, 5) is 14.3. The van der Waals surface area contributed by atoms with Gasteiger partial charge >= 0.3 is 20.3 Å². The minimum Gasteiger partial charge on any atom is -0.351 e. The quantitative estimate of drug-likeness (QED) is 0.403. The molecule has 1 aromatic carbocycles. The molecule has 0 atom stereocenters. The molecule has 0 saturated carbocycles. The summed E-state index contributed by atoms with van der Waals surface area (Å²) in [5.74, 6) is -0.652. The Labute approximate surface area is 173 Å². The van der Waals surface area contributed by atoms with Crippen molar-refractivity contribution in [3.8, 4) is 0 Å². The van der Waals surface area contributed by atoms with Crippen molar-refractivity contribution in [3.05, 3.63) is 40.5 Å². The number of amides is 1. The van der Waals surface area contributed by atoms with E-state index < -0.39 is 31.3 Å². The lowest BCUT2D eigenvalue weighted by Gasteiger charge is -2.06. The monoisotopic (exact) mass is 511 g/mol. The van der Waals surface area contributed by atoms with Crippen molar-refractivity contribution in [1.29, 1.82) is 0 Å². The fourth-order valence-corrected chi connectivity index (χ4v) is 4.60. The van der Waals surface area contributed by atoms with Crippen molar-refractivity contribution in [2.75, 3.05) is 14.1 Å². The molecular weight excluding hydrogens is 497 g/mol. The number of hydrogen-bond acceptors (Lipinski definition) is 7. The molecule has 2 heterocycles. The summed E-state index contributed by atoms with van der Waals surface area (Å²) in [5, 5.41) is 2.83. The van der Waals surface area contributed by atoms with Crippen LogP contribution in [0.1, 0.15) is 5.69 Å². The number of fused-ring (bicyclic) bond motifs is 1. The number of hydrogen-bond donors (Lipinski definition) is 1. The fourth-order valence-electron chi connectivity index (χ4n) is 2.18. The van der Waals surface area contributed by atoms with E-state index in [1.54, 1.807) is 14.1 Å². The highest BCUT2D eigenvalue weighted by molar-refractivity contribution is 9.10. The van der Waals surface area contributed by atoms with Gasteiger partial charge in [0.15, 0.2) is 0 Å². The van der Waals surface area contributed by atoms with Gasteiger partial charge in [0.25, 0.3) is 5.16 Å². The molecule has 0 aliphatic heterocycles. The van der Waals surface area contributed by atoms with E-state index in [4.69, 9.17) is 4.55 Å². The van der Waals surface area contributed by atoms with Gasteiger partial charge in [0.05, 0.1) is 5.52 Å². The van der Waals surface area contributed by atoms with Crippen LogP contribution in [-0.2, 0) is 25.1 Å². The first kappa shape index (κ1) is 22.9. The second-order valence-corrected chi connectivity index (χ2v) is 9.52. The number of carbonyl (C=O) groups is 1. The zero-order valence-corrected chi connectivity index (χ0v) is 18.4. The Hall–Kier alpha value is -2.36. The van der Waals surface area contributed by atoms with Crippen molar-refractivity contribution in [2.24, 2.45) is 0 Å². The molecule has 0 unspecified atom stereocenters. The summed E-state index contributed by atoms with van der Waals surface area (Å²) in [6.07, 6.45) is 1.29. The Bertz CT molecular complexity index is 1280. The molecule has 0 fully saturated rings. The van der Waals surface area contributed by atoms with Crippen LogP contribution in [-0.4, -0.2) is 64.9 Å². The fraction of sp³-hybridized carbons (Fsp3) is 0.214. The maximum absolute atomic E-state index is 13.5. The van der Waals surface area contributed by atoms with Crippen molar-refractivity contribution in [2.45, 2.75) is 12.1 Å². The number of carbonyl (C=O) groups excluding carboxylic acids is 1. The number of rotatable bonds is 4. The van der Waals surface area contributed by atoms with Gasteiger partial charge in [0.1, 0.15) is 12.1 Å². The third kappa shape index (κ3) is 4.63. The predicted molar refractivity (Wildman–Crippen MR) is 104 cm³/mol. The topological polar surface area (TPSA) is 144 Å². The highest BCUT2D eigenvalue weighted by atomic mass is 79.9. The molecule has 15 heteroatoms. The molecule has 158 valence electrons. The van der Waals surface area contributed by atoms with Crippen LogP contribution in [0.5, 0.6) is 0 Å². The second-order valence-electron chi connectivity index (χ2n) is 5.78. The van der Waals surface area contributed by atoms with Crippen LogP contribution >= 0.6 is 15.9 Å². The molecule has 11 nitrogen and oxygen atoms in total. The average Bonchev–Trinajstić information content (AvgIpc) is 3.20. The van der Waals surface area contributed by atoms with E-state index in [1.807, 2.05) is 0 Å². The summed E-state index contributed by atoms with van der Waals surface area (Å²) >= 11 is 3.24. The van der Waals surface area contributed by atoms with Gasteiger partial charge in [-0.25, -0.2) is 13.3 Å². The molecule has 1 N–H and O–H groups in total. The molecule has 1 amide bonds. The van der Waals surface area contributed by atoms with E-state index in [2.05, 4.69) is 26.0 Å². The van der Waals surface area contributed by atoms with Crippen molar-refractivity contribution >= 4 is 53.6 Å². The standard InChI is InChI=1S/C11H8BrFN4O5S2.C3H7NO/c1-6-10(12)8-3-2-7(13)4-9(8)17(6)23(18,19)11-14-5-16(15-11)24(20,21)22;1-4(2)3-5/h2-5H,1H3,(H,20,21,22);3H,1-2H3. The Morgan fingerprint density at radius 1 is 1.24 bits per heavy atom. The number of nitrogens with zero attached hydrogens (tertiary/aromatic N) is 5. The lowest BCUT2D eigenvalue weighted by Crippen LogP contribution is -2.18. The molecule has 3 rings (SSSR count). The minimum absolute atomic E-state index is 0.0105.